The Labute approximate surface area is 312 Å². The highest BCUT2D eigenvalue weighted by atomic mass is 28.3. The van der Waals surface area contributed by atoms with Crippen molar-refractivity contribution in [3.05, 3.63) is 96.1 Å². The Morgan fingerprint density at radius 1 is 0.569 bits per heavy atom. The van der Waals surface area contributed by atoms with Crippen LogP contribution in [-0.4, -0.2) is 69.0 Å². The summed E-state index contributed by atoms with van der Waals surface area (Å²) >= 11 is 0. The van der Waals surface area contributed by atoms with Gasteiger partial charge in [-0.15, -0.1) is 0 Å². The molecule has 0 aromatic heterocycles. The standard InChI is InChI=1S/C44H66O5Si2/c1-11-31-48-41-35(21-17-23-37(41)50(5,6)7)43(27-15-13-25-39(43)45-3)29-19-33-47-34-20-30-44(28-16-14-26-40(44)46-4)36-22-18-24-38(51(8,9)10)42(36)49-32-12-2/h13-18,21-28,39-40H,11-12,19-20,29-34H2,1-10H3. The number of allylic oxidation sites excluding steroid dienone is 4. The Morgan fingerprint density at radius 2 is 0.980 bits per heavy atom. The van der Waals surface area contributed by atoms with Gasteiger partial charge in [0, 0.05) is 49.4 Å². The first-order valence-corrected chi connectivity index (χ1v) is 26.3. The lowest BCUT2D eigenvalue weighted by Crippen LogP contribution is -2.44. The number of methoxy groups -OCH3 is 2. The van der Waals surface area contributed by atoms with E-state index < -0.39 is 16.1 Å². The van der Waals surface area contributed by atoms with Gasteiger partial charge in [-0.2, -0.15) is 0 Å². The quantitative estimate of drug-likeness (QED) is 0.100. The molecule has 4 rings (SSSR count). The molecule has 4 atom stereocenters. The Balaban J connectivity index is 1.53. The summed E-state index contributed by atoms with van der Waals surface area (Å²) in [7, 11) is 0.300. The van der Waals surface area contributed by atoms with E-state index in [4.69, 9.17) is 23.7 Å². The van der Waals surface area contributed by atoms with Crippen molar-refractivity contribution in [2.24, 2.45) is 0 Å². The maximum absolute atomic E-state index is 6.61. The van der Waals surface area contributed by atoms with Crippen LogP contribution in [-0.2, 0) is 25.0 Å². The maximum atomic E-state index is 6.61. The van der Waals surface area contributed by atoms with Crippen molar-refractivity contribution in [3.63, 3.8) is 0 Å². The zero-order valence-corrected chi connectivity index (χ0v) is 35.3. The molecule has 0 saturated carbocycles. The molecule has 0 spiro atoms. The number of hydrogen-bond donors (Lipinski definition) is 0. The molecule has 0 N–H and O–H groups in total. The first kappa shape index (κ1) is 41.1. The van der Waals surface area contributed by atoms with Crippen molar-refractivity contribution < 1.29 is 23.7 Å². The van der Waals surface area contributed by atoms with Gasteiger partial charge in [0.2, 0.25) is 0 Å². The summed E-state index contributed by atoms with van der Waals surface area (Å²) in [6.45, 7) is 21.5. The third-order valence-electron chi connectivity index (χ3n) is 10.4. The second-order valence-electron chi connectivity index (χ2n) is 16.3. The SMILES string of the molecule is CCCOc1c(C2(CCCOCCCC3(c4cccc([Si](C)(C)C)c4OCCC)C=CC=CC3OC)C=CC=CC2OC)cccc1[Si](C)(C)C. The van der Waals surface area contributed by atoms with Crippen LogP contribution in [0, 0.1) is 0 Å². The van der Waals surface area contributed by atoms with Crippen LogP contribution in [0.15, 0.2) is 85.0 Å². The fraction of sp³-hybridized carbons (Fsp3) is 0.545. The minimum absolute atomic E-state index is 0.0867. The predicted molar refractivity (Wildman–Crippen MR) is 221 cm³/mol. The largest absolute Gasteiger partial charge is 0.493 e. The summed E-state index contributed by atoms with van der Waals surface area (Å²) in [6, 6.07) is 13.5. The highest BCUT2D eigenvalue weighted by molar-refractivity contribution is 6.89. The molecule has 0 saturated heterocycles. The van der Waals surface area contributed by atoms with Crippen molar-refractivity contribution in [1.29, 1.82) is 0 Å². The molecule has 0 bridgehead atoms. The van der Waals surface area contributed by atoms with Gasteiger partial charge in [-0.25, -0.2) is 0 Å². The van der Waals surface area contributed by atoms with Gasteiger partial charge in [-0.1, -0.05) is 138 Å². The molecule has 0 amide bonds. The van der Waals surface area contributed by atoms with Gasteiger partial charge >= 0.3 is 0 Å². The van der Waals surface area contributed by atoms with Crippen LogP contribution in [0.3, 0.4) is 0 Å². The van der Waals surface area contributed by atoms with Crippen LogP contribution >= 0.6 is 0 Å². The van der Waals surface area contributed by atoms with Crippen molar-refractivity contribution in [3.8, 4) is 11.5 Å². The van der Waals surface area contributed by atoms with E-state index >= 15 is 0 Å². The predicted octanol–water partition coefficient (Wildman–Crippen LogP) is 9.39. The number of ether oxygens (including phenoxy) is 5. The zero-order valence-electron chi connectivity index (χ0n) is 33.3. The summed E-state index contributed by atoms with van der Waals surface area (Å²) < 4.78 is 32.1. The third-order valence-corrected chi connectivity index (χ3v) is 14.4. The van der Waals surface area contributed by atoms with E-state index in [2.05, 4.69) is 138 Å². The average molecular weight is 731 g/mol. The van der Waals surface area contributed by atoms with Gasteiger partial charge < -0.3 is 23.7 Å². The van der Waals surface area contributed by atoms with Crippen LogP contribution < -0.4 is 19.8 Å². The molecule has 2 aromatic rings. The molecular formula is C44H66O5Si2. The lowest BCUT2D eigenvalue weighted by atomic mass is 9.69. The van der Waals surface area contributed by atoms with Crippen LogP contribution in [0.4, 0.5) is 0 Å². The molecule has 5 nitrogen and oxygen atoms in total. The van der Waals surface area contributed by atoms with E-state index in [9.17, 15) is 0 Å². The van der Waals surface area contributed by atoms with E-state index in [0.29, 0.717) is 26.4 Å². The Hall–Kier alpha value is -2.69. The van der Waals surface area contributed by atoms with Gasteiger partial charge in [-0.05, 0) is 48.9 Å². The monoisotopic (exact) mass is 730 g/mol. The van der Waals surface area contributed by atoms with Crippen LogP contribution in [0.5, 0.6) is 11.5 Å². The Kier molecular flexibility index (Phi) is 14.8. The maximum Gasteiger partial charge on any atom is 0.122 e. The summed E-state index contributed by atoms with van der Waals surface area (Å²) in [4.78, 5) is 0. The van der Waals surface area contributed by atoms with Crippen molar-refractivity contribution >= 4 is 26.5 Å². The van der Waals surface area contributed by atoms with E-state index in [1.807, 2.05) is 14.2 Å². The molecule has 2 aliphatic rings. The first-order chi connectivity index (χ1) is 24.4. The molecule has 7 heteroatoms. The average Bonchev–Trinajstić information content (AvgIpc) is 3.11. The van der Waals surface area contributed by atoms with Crippen LogP contribution in [0.2, 0.25) is 39.3 Å². The van der Waals surface area contributed by atoms with Crippen LogP contribution in [0.1, 0.15) is 63.5 Å². The van der Waals surface area contributed by atoms with Crippen molar-refractivity contribution in [2.45, 2.75) is 115 Å². The highest BCUT2D eigenvalue weighted by Gasteiger charge is 2.43. The second-order valence-corrected chi connectivity index (χ2v) is 26.3. The highest BCUT2D eigenvalue weighted by Crippen LogP contribution is 2.45. The topological polar surface area (TPSA) is 46.2 Å². The zero-order chi connectivity index (χ0) is 37.1. The summed E-state index contributed by atoms with van der Waals surface area (Å²) in [5.41, 5.74) is 1.79. The minimum Gasteiger partial charge on any atom is -0.493 e. The van der Waals surface area contributed by atoms with Gasteiger partial charge in [0.05, 0.1) is 41.6 Å². The molecule has 4 unspecified atom stereocenters. The van der Waals surface area contributed by atoms with Gasteiger partial charge in [0.1, 0.15) is 11.5 Å². The molecule has 0 aliphatic heterocycles. The number of hydrogen-bond acceptors (Lipinski definition) is 5. The van der Waals surface area contributed by atoms with Crippen molar-refractivity contribution in [2.75, 3.05) is 40.6 Å². The fourth-order valence-corrected chi connectivity index (χ4v) is 10.8. The normalized spacial score (nSPS) is 23.2. The Bertz CT molecular complexity index is 1420. The number of para-hydroxylation sites is 2. The second kappa shape index (κ2) is 18.4. The van der Waals surface area contributed by atoms with Crippen LogP contribution in [0.25, 0.3) is 0 Å². The first-order valence-electron chi connectivity index (χ1n) is 19.3. The lowest BCUT2D eigenvalue weighted by molar-refractivity contribution is 0.0622. The molecule has 2 aromatic carbocycles. The summed E-state index contributed by atoms with van der Waals surface area (Å²) in [6.07, 6.45) is 23.0. The van der Waals surface area contributed by atoms with Gasteiger partial charge in [0.15, 0.2) is 0 Å². The molecule has 2 aliphatic carbocycles. The van der Waals surface area contributed by atoms with Crippen molar-refractivity contribution in [1.82, 2.24) is 0 Å². The summed E-state index contributed by atoms with van der Waals surface area (Å²) in [5, 5.41) is 2.74. The summed E-state index contributed by atoms with van der Waals surface area (Å²) in [5.74, 6) is 2.13. The Morgan fingerprint density at radius 3 is 1.33 bits per heavy atom. The molecule has 0 radical (unpaired) electrons. The molecule has 0 heterocycles. The van der Waals surface area contributed by atoms with Gasteiger partial charge in [-0.3, -0.25) is 0 Å². The third kappa shape index (κ3) is 9.46. The van der Waals surface area contributed by atoms with E-state index in [1.165, 1.54) is 21.5 Å². The molecule has 51 heavy (non-hydrogen) atoms. The lowest BCUT2D eigenvalue weighted by Gasteiger charge is -2.41. The molecular weight excluding hydrogens is 665 g/mol. The number of benzene rings is 2. The van der Waals surface area contributed by atoms with Gasteiger partial charge in [0.25, 0.3) is 0 Å². The smallest absolute Gasteiger partial charge is 0.122 e. The van der Waals surface area contributed by atoms with E-state index in [1.54, 1.807) is 0 Å². The number of rotatable bonds is 20. The van der Waals surface area contributed by atoms with E-state index in [0.717, 1.165) is 50.0 Å². The fourth-order valence-electron chi connectivity index (χ4n) is 7.85. The molecule has 0 fully saturated rings. The van der Waals surface area contributed by atoms with E-state index in [-0.39, 0.29) is 23.0 Å². The minimum atomic E-state index is -1.67. The molecule has 280 valence electrons.